The molecule has 0 aliphatic carbocycles. The third-order valence-corrected chi connectivity index (χ3v) is 5.33. The van der Waals surface area contributed by atoms with Crippen molar-refractivity contribution in [3.05, 3.63) is 66.1 Å². The molecule has 0 amide bonds. The van der Waals surface area contributed by atoms with Gasteiger partial charge in [0.15, 0.2) is 0 Å². The molecular weight excluding hydrogens is 359 g/mol. The molecule has 2 atom stereocenters. The number of aliphatic imine (C=N–C) groups is 1. The van der Waals surface area contributed by atoms with Crippen molar-refractivity contribution in [2.75, 3.05) is 18.4 Å². The standard InChI is InChI=1S/C20H21FN6O/c21-14-3-1-13(2-4-14)17-18(27-11-12-28-20(27)26-17)16-7-10-23-19(25-16)24-15-5-8-22-9-6-15/h1-4,7,10-12,15,17-18,22H,5-6,8-9H2,(H,23,24,25). The number of benzene rings is 1. The molecule has 2 aromatic rings. The summed E-state index contributed by atoms with van der Waals surface area (Å²) in [5, 5.41) is 6.81. The van der Waals surface area contributed by atoms with Crippen molar-refractivity contribution in [1.82, 2.24) is 20.2 Å². The van der Waals surface area contributed by atoms with Gasteiger partial charge in [0.1, 0.15) is 24.2 Å². The second-order valence-corrected chi connectivity index (χ2v) is 7.14. The van der Waals surface area contributed by atoms with Crippen molar-refractivity contribution in [3.8, 4) is 0 Å². The molecule has 2 unspecified atom stereocenters. The molecular formula is C20H21FN6O. The van der Waals surface area contributed by atoms with Gasteiger partial charge < -0.3 is 15.4 Å². The molecule has 1 saturated heterocycles. The van der Waals surface area contributed by atoms with Crippen molar-refractivity contribution < 1.29 is 9.13 Å². The molecule has 144 valence electrons. The highest BCUT2D eigenvalue weighted by Gasteiger charge is 2.41. The number of halogens is 1. The average molecular weight is 380 g/mol. The number of anilines is 1. The largest absolute Gasteiger partial charge is 0.432 e. The van der Waals surface area contributed by atoms with E-state index in [4.69, 9.17) is 14.7 Å². The summed E-state index contributed by atoms with van der Waals surface area (Å²) in [6.07, 6.45) is 7.33. The molecule has 0 radical (unpaired) electrons. The van der Waals surface area contributed by atoms with E-state index in [-0.39, 0.29) is 17.9 Å². The van der Waals surface area contributed by atoms with Crippen LogP contribution in [0.2, 0.25) is 0 Å². The molecule has 5 rings (SSSR count). The number of ether oxygens (including phenoxy) is 1. The number of piperidine rings is 1. The Labute approximate surface area is 162 Å². The predicted molar refractivity (Wildman–Crippen MR) is 103 cm³/mol. The van der Waals surface area contributed by atoms with Gasteiger partial charge in [-0.2, -0.15) is 0 Å². The first-order valence-electron chi connectivity index (χ1n) is 9.53. The lowest BCUT2D eigenvalue weighted by molar-refractivity contribution is 0.365. The van der Waals surface area contributed by atoms with Crippen LogP contribution in [0.5, 0.6) is 0 Å². The highest BCUT2D eigenvalue weighted by atomic mass is 19.1. The van der Waals surface area contributed by atoms with E-state index in [0.29, 0.717) is 18.0 Å². The lowest BCUT2D eigenvalue weighted by atomic mass is 9.97. The summed E-state index contributed by atoms with van der Waals surface area (Å²) in [7, 11) is 0. The maximum Gasteiger partial charge on any atom is 0.298 e. The molecule has 1 aromatic carbocycles. The number of fused-ring (bicyclic) bond motifs is 1. The first-order valence-corrected chi connectivity index (χ1v) is 9.53. The van der Waals surface area contributed by atoms with Crippen molar-refractivity contribution >= 4 is 12.0 Å². The van der Waals surface area contributed by atoms with Crippen molar-refractivity contribution in [1.29, 1.82) is 0 Å². The van der Waals surface area contributed by atoms with Crippen LogP contribution in [-0.4, -0.2) is 40.0 Å². The van der Waals surface area contributed by atoms with Crippen LogP contribution in [0, 0.1) is 5.82 Å². The fraction of sp³-hybridized carbons (Fsp3) is 0.350. The fourth-order valence-corrected chi connectivity index (χ4v) is 3.91. The third kappa shape index (κ3) is 3.20. The number of hydrogen-bond acceptors (Lipinski definition) is 7. The zero-order valence-electron chi connectivity index (χ0n) is 15.3. The minimum Gasteiger partial charge on any atom is -0.432 e. The van der Waals surface area contributed by atoms with E-state index >= 15 is 0 Å². The number of hydrogen-bond donors (Lipinski definition) is 2. The minimum absolute atomic E-state index is 0.171. The summed E-state index contributed by atoms with van der Waals surface area (Å²) in [5.41, 5.74) is 1.76. The third-order valence-electron chi connectivity index (χ3n) is 5.33. The van der Waals surface area contributed by atoms with Crippen LogP contribution in [-0.2, 0) is 4.74 Å². The van der Waals surface area contributed by atoms with Gasteiger partial charge in [0.05, 0.1) is 5.69 Å². The second-order valence-electron chi connectivity index (χ2n) is 7.14. The maximum atomic E-state index is 13.4. The zero-order chi connectivity index (χ0) is 18.9. The summed E-state index contributed by atoms with van der Waals surface area (Å²) in [6.45, 7) is 2.00. The molecule has 8 heteroatoms. The van der Waals surface area contributed by atoms with E-state index in [1.807, 2.05) is 17.2 Å². The Morgan fingerprint density at radius 3 is 2.79 bits per heavy atom. The smallest absolute Gasteiger partial charge is 0.298 e. The first-order chi connectivity index (χ1) is 13.8. The van der Waals surface area contributed by atoms with Gasteiger partial charge in [-0.15, -0.1) is 0 Å². The Balaban J connectivity index is 1.45. The van der Waals surface area contributed by atoms with Gasteiger partial charge in [-0.1, -0.05) is 12.1 Å². The molecule has 3 aliphatic rings. The summed E-state index contributed by atoms with van der Waals surface area (Å²) in [5.74, 6) is 0.359. The van der Waals surface area contributed by atoms with Crippen LogP contribution in [0.25, 0.3) is 0 Å². The van der Waals surface area contributed by atoms with Gasteiger partial charge in [0.25, 0.3) is 6.02 Å². The Hall–Kier alpha value is -3.00. The van der Waals surface area contributed by atoms with Crippen molar-refractivity contribution in [2.45, 2.75) is 31.0 Å². The topological polar surface area (TPSA) is 74.7 Å². The second kappa shape index (κ2) is 7.20. The highest BCUT2D eigenvalue weighted by Crippen LogP contribution is 2.43. The Morgan fingerprint density at radius 2 is 1.96 bits per heavy atom. The van der Waals surface area contributed by atoms with Gasteiger partial charge >= 0.3 is 0 Å². The molecule has 2 N–H and O–H groups in total. The summed E-state index contributed by atoms with van der Waals surface area (Å²) >= 11 is 0. The Morgan fingerprint density at radius 1 is 1.14 bits per heavy atom. The number of rotatable bonds is 4. The van der Waals surface area contributed by atoms with Gasteiger partial charge in [0, 0.05) is 18.4 Å². The van der Waals surface area contributed by atoms with E-state index in [2.05, 4.69) is 15.6 Å². The summed E-state index contributed by atoms with van der Waals surface area (Å²) < 4.78 is 18.9. The van der Waals surface area contributed by atoms with Gasteiger partial charge in [0.2, 0.25) is 5.95 Å². The number of amidine groups is 1. The molecule has 3 aliphatic heterocycles. The first kappa shape index (κ1) is 17.1. The molecule has 1 fully saturated rings. The maximum absolute atomic E-state index is 13.4. The molecule has 1 aromatic heterocycles. The number of aromatic nitrogens is 2. The van der Waals surface area contributed by atoms with Crippen LogP contribution < -0.4 is 10.6 Å². The molecule has 7 nitrogen and oxygen atoms in total. The molecule has 4 heterocycles. The highest BCUT2D eigenvalue weighted by molar-refractivity contribution is 5.80. The van der Waals surface area contributed by atoms with Crippen LogP contribution in [0.3, 0.4) is 0 Å². The quantitative estimate of drug-likeness (QED) is 0.850. The van der Waals surface area contributed by atoms with E-state index in [1.54, 1.807) is 24.6 Å². The SMILES string of the molecule is Fc1ccc(C2N=C3OC=CN3C2c2ccnc(NC3CCNCC3)n2)cc1. The number of nitrogens with zero attached hydrogens (tertiary/aromatic N) is 4. The minimum atomic E-state index is -0.266. The van der Waals surface area contributed by atoms with Crippen molar-refractivity contribution in [2.24, 2.45) is 4.99 Å². The van der Waals surface area contributed by atoms with E-state index in [1.165, 1.54) is 12.1 Å². The lowest BCUT2D eigenvalue weighted by Gasteiger charge is -2.26. The number of nitrogens with one attached hydrogen (secondary N) is 2. The van der Waals surface area contributed by atoms with E-state index < -0.39 is 0 Å². The van der Waals surface area contributed by atoms with E-state index in [0.717, 1.165) is 37.2 Å². The average Bonchev–Trinajstić information content (AvgIpc) is 3.31. The van der Waals surface area contributed by atoms with Gasteiger partial charge in [-0.25, -0.2) is 19.4 Å². The molecule has 0 saturated carbocycles. The van der Waals surface area contributed by atoms with Crippen LogP contribution in [0.15, 0.2) is 54.0 Å². The summed E-state index contributed by atoms with van der Waals surface area (Å²) in [6, 6.07) is 8.84. The van der Waals surface area contributed by atoms with Crippen LogP contribution in [0.1, 0.15) is 36.2 Å². The molecule has 28 heavy (non-hydrogen) atoms. The summed E-state index contributed by atoms with van der Waals surface area (Å²) in [4.78, 5) is 15.8. The fourth-order valence-electron chi connectivity index (χ4n) is 3.91. The Bertz CT molecular complexity index is 909. The van der Waals surface area contributed by atoms with Gasteiger partial charge in [-0.05, 0) is 49.7 Å². The molecule has 0 bridgehead atoms. The van der Waals surface area contributed by atoms with Crippen LogP contribution >= 0.6 is 0 Å². The normalized spacial score (nSPS) is 24.0. The van der Waals surface area contributed by atoms with E-state index in [9.17, 15) is 4.39 Å². The van der Waals surface area contributed by atoms with Crippen LogP contribution in [0.4, 0.5) is 10.3 Å². The predicted octanol–water partition coefficient (Wildman–Crippen LogP) is 2.74. The van der Waals surface area contributed by atoms with Gasteiger partial charge in [-0.3, -0.25) is 4.90 Å². The zero-order valence-corrected chi connectivity index (χ0v) is 15.3. The Kier molecular flexibility index (Phi) is 4.40. The van der Waals surface area contributed by atoms with Crippen molar-refractivity contribution in [3.63, 3.8) is 0 Å². The molecule has 0 spiro atoms. The lowest BCUT2D eigenvalue weighted by Crippen LogP contribution is -2.35. The monoisotopic (exact) mass is 380 g/mol.